The normalized spacial score (nSPS) is 9.89. The van der Waals surface area contributed by atoms with Crippen LogP contribution in [0.5, 0.6) is 0 Å². The van der Waals surface area contributed by atoms with Crippen LogP contribution in [-0.2, 0) is 0 Å². The Bertz CT molecular complexity index is 392. The average molecular weight is 242 g/mol. The molecule has 2 aromatic carbocycles. The highest BCUT2D eigenvalue weighted by atomic mass is 16.3. The summed E-state index contributed by atoms with van der Waals surface area (Å²) in [5.41, 5.74) is 2.47. The van der Waals surface area contributed by atoms with Gasteiger partial charge in [0.2, 0.25) is 0 Å². The molecule has 0 saturated carbocycles. The molecular weight excluding hydrogens is 224 g/mol. The SMILES string of the molecule is C(=C\c1ccccc1)/c1ccccc1.OCCO. The van der Waals surface area contributed by atoms with Gasteiger partial charge in [-0.15, -0.1) is 0 Å². The molecule has 2 heteroatoms. The molecule has 0 unspecified atom stereocenters. The van der Waals surface area contributed by atoms with Crippen LogP contribution in [0.4, 0.5) is 0 Å². The summed E-state index contributed by atoms with van der Waals surface area (Å²) in [6.07, 6.45) is 4.24. The zero-order chi connectivity index (χ0) is 13.1. The molecule has 0 aliphatic heterocycles. The molecule has 2 N–H and O–H groups in total. The largest absolute Gasteiger partial charge is 0.394 e. The Morgan fingerprint density at radius 2 is 0.944 bits per heavy atom. The van der Waals surface area contributed by atoms with E-state index in [1.807, 2.05) is 36.4 Å². The first kappa shape index (κ1) is 14.2. The summed E-state index contributed by atoms with van der Waals surface area (Å²) in [5, 5.41) is 15.2. The summed E-state index contributed by atoms with van der Waals surface area (Å²) in [7, 11) is 0. The van der Waals surface area contributed by atoms with Gasteiger partial charge in [-0.05, 0) is 11.1 Å². The van der Waals surface area contributed by atoms with Gasteiger partial charge >= 0.3 is 0 Å². The van der Waals surface area contributed by atoms with E-state index in [2.05, 4.69) is 36.4 Å². The van der Waals surface area contributed by atoms with E-state index in [4.69, 9.17) is 10.2 Å². The fourth-order valence-corrected chi connectivity index (χ4v) is 1.32. The van der Waals surface area contributed by atoms with Crippen molar-refractivity contribution < 1.29 is 10.2 Å². The monoisotopic (exact) mass is 242 g/mol. The van der Waals surface area contributed by atoms with Gasteiger partial charge in [-0.3, -0.25) is 0 Å². The lowest BCUT2D eigenvalue weighted by Gasteiger charge is -1.92. The van der Waals surface area contributed by atoms with Crippen LogP contribution in [0.25, 0.3) is 12.2 Å². The Kier molecular flexibility index (Phi) is 7.21. The Hall–Kier alpha value is -1.90. The molecule has 0 saturated heterocycles. The highest BCUT2D eigenvalue weighted by molar-refractivity contribution is 5.69. The van der Waals surface area contributed by atoms with Crippen molar-refractivity contribution in [1.29, 1.82) is 0 Å². The number of aliphatic hydroxyl groups is 2. The third kappa shape index (κ3) is 5.99. The lowest BCUT2D eigenvalue weighted by Crippen LogP contribution is -1.85. The van der Waals surface area contributed by atoms with E-state index in [0.29, 0.717) is 0 Å². The molecule has 0 radical (unpaired) electrons. The number of aliphatic hydroxyl groups excluding tert-OH is 2. The van der Waals surface area contributed by atoms with Gasteiger partial charge in [0, 0.05) is 0 Å². The first-order valence-corrected chi connectivity index (χ1v) is 5.86. The van der Waals surface area contributed by atoms with Gasteiger partial charge in [0.25, 0.3) is 0 Å². The molecule has 0 aliphatic carbocycles. The summed E-state index contributed by atoms with van der Waals surface area (Å²) in [5.74, 6) is 0. The molecule has 18 heavy (non-hydrogen) atoms. The van der Waals surface area contributed by atoms with Crippen molar-refractivity contribution >= 4 is 12.2 Å². The molecule has 0 amide bonds. The molecule has 2 aromatic rings. The van der Waals surface area contributed by atoms with Crippen LogP contribution in [0.1, 0.15) is 11.1 Å². The van der Waals surface area contributed by atoms with Crippen LogP contribution >= 0.6 is 0 Å². The zero-order valence-corrected chi connectivity index (χ0v) is 10.2. The Balaban J connectivity index is 0.000000357. The lowest BCUT2D eigenvalue weighted by atomic mass is 10.1. The minimum atomic E-state index is -0.125. The second-order valence-corrected chi connectivity index (χ2v) is 3.60. The third-order valence-electron chi connectivity index (χ3n) is 2.17. The van der Waals surface area contributed by atoms with Gasteiger partial charge in [-0.1, -0.05) is 72.8 Å². The molecular formula is C16H18O2. The van der Waals surface area contributed by atoms with Gasteiger partial charge in [-0.25, -0.2) is 0 Å². The molecule has 0 bridgehead atoms. The zero-order valence-electron chi connectivity index (χ0n) is 10.2. The molecule has 0 aromatic heterocycles. The Morgan fingerprint density at radius 3 is 1.22 bits per heavy atom. The van der Waals surface area contributed by atoms with Crippen molar-refractivity contribution in [2.75, 3.05) is 13.2 Å². The fourth-order valence-electron chi connectivity index (χ4n) is 1.32. The number of hydrogen-bond acceptors (Lipinski definition) is 2. The van der Waals surface area contributed by atoms with Crippen molar-refractivity contribution in [2.24, 2.45) is 0 Å². The minimum absolute atomic E-state index is 0.125. The second-order valence-electron chi connectivity index (χ2n) is 3.60. The van der Waals surface area contributed by atoms with Crippen molar-refractivity contribution in [3.05, 3.63) is 71.8 Å². The summed E-state index contributed by atoms with van der Waals surface area (Å²) >= 11 is 0. The molecule has 0 aliphatic rings. The Morgan fingerprint density at radius 1 is 0.611 bits per heavy atom. The van der Waals surface area contributed by atoms with E-state index >= 15 is 0 Å². The van der Waals surface area contributed by atoms with Crippen LogP contribution in [0.2, 0.25) is 0 Å². The topological polar surface area (TPSA) is 40.5 Å². The number of hydrogen-bond donors (Lipinski definition) is 2. The number of benzene rings is 2. The molecule has 0 fully saturated rings. The molecule has 94 valence electrons. The first-order chi connectivity index (χ1) is 8.86. The van der Waals surface area contributed by atoms with Gasteiger partial charge in [0.15, 0.2) is 0 Å². The van der Waals surface area contributed by atoms with Crippen molar-refractivity contribution in [3.63, 3.8) is 0 Å². The minimum Gasteiger partial charge on any atom is -0.394 e. The van der Waals surface area contributed by atoms with E-state index < -0.39 is 0 Å². The van der Waals surface area contributed by atoms with Crippen LogP contribution < -0.4 is 0 Å². The quantitative estimate of drug-likeness (QED) is 0.812. The van der Waals surface area contributed by atoms with E-state index in [-0.39, 0.29) is 13.2 Å². The van der Waals surface area contributed by atoms with E-state index in [1.165, 1.54) is 11.1 Å². The van der Waals surface area contributed by atoms with Crippen LogP contribution in [0.3, 0.4) is 0 Å². The lowest BCUT2D eigenvalue weighted by molar-refractivity contribution is 0.186. The summed E-state index contributed by atoms with van der Waals surface area (Å²) in [4.78, 5) is 0. The van der Waals surface area contributed by atoms with Crippen molar-refractivity contribution in [3.8, 4) is 0 Å². The second kappa shape index (κ2) is 9.16. The van der Waals surface area contributed by atoms with E-state index in [9.17, 15) is 0 Å². The first-order valence-electron chi connectivity index (χ1n) is 5.86. The smallest absolute Gasteiger partial charge is 0.0662 e. The summed E-state index contributed by atoms with van der Waals surface area (Å²) in [6.45, 7) is -0.250. The van der Waals surface area contributed by atoms with Gasteiger partial charge < -0.3 is 10.2 Å². The van der Waals surface area contributed by atoms with Crippen LogP contribution in [-0.4, -0.2) is 23.4 Å². The maximum absolute atomic E-state index is 7.62. The van der Waals surface area contributed by atoms with Gasteiger partial charge in [0.1, 0.15) is 0 Å². The summed E-state index contributed by atoms with van der Waals surface area (Å²) in [6, 6.07) is 20.6. The number of rotatable bonds is 3. The molecule has 0 spiro atoms. The average Bonchev–Trinajstić information content (AvgIpc) is 2.47. The molecule has 2 rings (SSSR count). The molecule has 0 atom stereocenters. The van der Waals surface area contributed by atoms with Crippen LogP contribution in [0, 0.1) is 0 Å². The Labute approximate surface area is 108 Å². The van der Waals surface area contributed by atoms with E-state index in [1.54, 1.807) is 0 Å². The third-order valence-corrected chi connectivity index (χ3v) is 2.17. The maximum Gasteiger partial charge on any atom is 0.0662 e. The highest BCUT2D eigenvalue weighted by Crippen LogP contribution is 2.06. The summed E-state index contributed by atoms with van der Waals surface area (Å²) < 4.78 is 0. The predicted octanol–water partition coefficient (Wildman–Crippen LogP) is 2.83. The van der Waals surface area contributed by atoms with Crippen molar-refractivity contribution in [2.45, 2.75) is 0 Å². The van der Waals surface area contributed by atoms with Crippen molar-refractivity contribution in [1.82, 2.24) is 0 Å². The maximum atomic E-state index is 7.62. The van der Waals surface area contributed by atoms with Gasteiger partial charge in [-0.2, -0.15) is 0 Å². The highest BCUT2D eigenvalue weighted by Gasteiger charge is 1.84. The standard InChI is InChI=1S/C14H12.C2H6O2/c1-3-7-13(8-4-1)11-12-14-9-5-2-6-10-14;3-1-2-4/h1-12H;3-4H,1-2H2/b12-11+;. The molecule has 2 nitrogen and oxygen atoms in total. The van der Waals surface area contributed by atoms with Gasteiger partial charge in [0.05, 0.1) is 13.2 Å². The van der Waals surface area contributed by atoms with E-state index in [0.717, 1.165) is 0 Å². The molecule has 0 heterocycles. The fraction of sp³-hybridized carbons (Fsp3) is 0.125. The predicted molar refractivity (Wildman–Crippen MR) is 76.0 cm³/mol. The van der Waals surface area contributed by atoms with Crippen LogP contribution in [0.15, 0.2) is 60.7 Å².